The fraction of sp³-hybridized carbons (Fsp3) is 1.00. The Bertz CT molecular complexity index is 2310. The molecule has 9 atom stereocenters. The van der Waals surface area contributed by atoms with Crippen molar-refractivity contribution in [3.63, 3.8) is 0 Å². The van der Waals surface area contributed by atoms with Gasteiger partial charge in [-0.25, -0.2) is 67.3 Å². The summed E-state index contributed by atoms with van der Waals surface area (Å²) >= 11 is 0. The summed E-state index contributed by atoms with van der Waals surface area (Å²) in [7, 11) is -50.8. The van der Waals surface area contributed by atoms with Gasteiger partial charge in [0, 0.05) is 0 Å². The molecule has 0 radical (unpaired) electrons. The third-order valence-corrected chi connectivity index (χ3v) is 9.18. The van der Waals surface area contributed by atoms with Gasteiger partial charge < -0.3 is 50.6 Å². The average Bonchev–Trinajstić information content (AvgIpc) is 3.15. The molecule has 63 heavy (non-hydrogen) atoms. The van der Waals surface area contributed by atoms with Crippen LogP contribution in [0, 0.1) is 0 Å². The molecule has 2 fully saturated rings. The molecular weight excluding hydrogens is 1140 g/mol. The Morgan fingerprint density at radius 2 is 0.698 bits per heavy atom. The van der Waals surface area contributed by atoms with Crippen molar-refractivity contribution in [1.29, 1.82) is 0 Å². The van der Waals surface area contributed by atoms with E-state index < -0.39 is 158 Å². The quantitative estimate of drug-likeness (QED) is 0.0585. The smallest absolute Gasteiger partial charge is 0.726 e. The van der Waals surface area contributed by atoms with Crippen LogP contribution in [0.25, 0.3) is 0 Å². The first-order valence-corrected chi connectivity index (χ1v) is 22.9. The van der Waals surface area contributed by atoms with Gasteiger partial charge in [0.1, 0.15) is 37.1 Å². The SMILES string of the molecule is O=S(=O)([O-])OCC1OC(O[C@]2(COS(=O)(=O)[O-])OC(COS(=O)(=O)[O-])C(OS(=O)(=O)[O-])C2OS(=O)(=O)[O-])C(OS(=O)(=O)[O-])C(OS(=O)(=O)[O-])C1OS(=O)(=O)[O-].[Na+].[Na+].[Na+].[Na+].[Na+].[Na+].[Na+].[Na+]. The third kappa shape index (κ3) is 34.2. The van der Waals surface area contributed by atoms with E-state index in [-0.39, 0.29) is 236 Å². The van der Waals surface area contributed by atoms with Gasteiger partial charge in [0.25, 0.3) is 0 Å². The molecule has 51 heteroatoms. The van der Waals surface area contributed by atoms with E-state index in [2.05, 4.69) is 33.5 Å². The molecular formula is C12H14Na8O35S8. The maximum absolute atomic E-state index is 11.7. The average molecular weight is 1160 g/mol. The van der Waals surface area contributed by atoms with Crippen molar-refractivity contribution in [2.24, 2.45) is 0 Å². The van der Waals surface area contributed by atoms with Gasteiger partial charge in [0.15, 0.2) is 18.5 Å². The third-order valence-electron chi connectivity index (χ3n) is 5.65. The predicted octanol–water partition coefficient (Wildman–Crippen LogP) is -33.5. The van der Waals surface area contributed by atoms with E-state index in [9.17, 15) is 104 Å². The van der Waals surface area contributed by atoms with Gasteiger partial charge in [0.2, 0.25) is 89.0 Å². The van der Waals surface area contributed by atoms with Crippen LogP contribution in [-0.2, 0) is 131 Å². The molecule has 2 saturated heterocycles. The van der Waals surface area contributed by atoms with Crippen LogP contribution in [0.1, 0.15) is 0 Å². The van der Waals surface area contributed by atoms with Crippen molar-refractivity contribution in [3.05, 3.63) is 0 Å². The Morgan fingerprint density at radius 3 is 1.05 bits per heavy atom. The minimum Gasteiger partial charge on any atom is -0.726 e. The molecule has 0 saturated carbocycles. The summed E-state index contributed by atoms with van der Waals surface area (Å²) in [4.78, 5) is 0. The minimum absolute atomic E-state index is 0. The zero-order valence-electron chi connectivity index (χ0n) is 32.8. The van der Waals surface area contributed by atoms with Crippen molar-refractivity contribution >= 4 is 83.2 Å². The molecule has 2 aliphatic heterocycles. The Labute approximate surface area is 535 Å². The monoisotopic (exact) mass is 1160 g/mol. The summed E-state index contributed by atoms with van der Waals surface area (Å²) in [6.45, 7) is -6.74. The molecule has 2 aliphatic rings. The summed E-state index contributed by atoms with van der Waals surface area (Å²) < 4.78 is 320. The summed E-state index contributed by atoms with van der Waals surface area (Å²) in [6.07, 6.45) is -27.5. The maximum atomic E-state index is 11.7. The molecule has 0 spiro atoms. The molecule has 0 aromatic heterocycles. The van der Waals surface area contributed by atoms with Crippen LogP contribution in [0.2, 0.25) is 0 Å². The summed E-state index contributed by atoms with van der Waals surface area (Å²) in [5.41, 5.74) is 0. The van der Waals surface area contributed by atoms with E-state index in [1.54, 1.807) is 0 Å². The van der Waals surface area contributed by atoms with Crippen molar-refractivity contribution in [1.82, 2.24) is 0 Å². The number of ether oxygens (including phenoxy) is 3. The zero-order chi connectivity index (χ0) is 43.0. The predicted molar refractivity (Wildman–Crippen MR) is 137 cm³/mol. The minimum atomic E-state index is -6.58. The largest absolute Gasteiger partial charge is 1.00 e. The van der Waals surface area contributed by atoms with Crippen LogP contribution < -0.4 is 236 Å². The van der Waals surface area contributed by atoms with Crippen LogP contribution >= 0.6 is 0 Å². The number of hydrogen-bond donors (Lipinski definition) is 0. The number of hydrogen-bond acceptors (Lipinski definition) is 35. The summed E-state index contributed by atoms with van der Waals surface area (Å²) in [5.74, 6) is -4.31. The fourth-order valence-electron chi connectivity index (χ4n) is 4.21. The fourth-order valence-corrected chi connectivity index (χ4v) is 7.60. The molecule has 8 unspecified atom stereocenters. The molecule has 0 bridgehead atoms. The van der Waals surface area contributed by atoms with Crippen LogP contribution in [0.15, 0.2) is 0 Å². The van der Waals surface area contributed by atoms with Gasteiger partial charge >= 0.3 is 236 Å². The standard InChI is InChI=1S/C12H22O35S8.8Na/c13-48(14,15)37-1-4-6(43-51(22,23)24)8(45-53(28,29)30)9(46-54(31,32)33)11(40-4)42-12(3-39-50(19,20)21)10(47-55(34,35)36)7(44-52(25,26)27)5(41-12)2-38-49(16,17)18;;;;;;;;/h4-11H,1-3H2,(H,13,14,15)(H,16,17,18)(H,19,20,21)(H,22,23,24)(H,25,26,27)(H,28,29,30)(H,31,32,33)(H,34,35,36);;;;;;;;/q;8*+1/p-8/t4?,5?,6?,7?,8?,9?,10?,11?,12-;;;;;;;;/m0......../s1. The first-order valence-electron chi connectivity index (χ1n) is 12.2. The van der Waals surface area contributed by atoms with Gasteiger partial charge in [-0.15, -0.1) is 0 Å². The van der Waals surface area contributed by atoms with Crippen LogP contribution in [0.3, 0.4) is 0 Å². The molecule has 0 N–H and O–H groups in total. The van der Waals surface area contributed by atoms with E-state index in [1.807, 2.05) is 0 Å². The molecule has 0 aromatic carbocycles. The summed E-state index contributed by atoms with van der Waals surface area (Å²) in [5, 5.41) is 0. The molecule has 2 heterocycles. The van der Waals surface area contributed by atoms with Crippen LogP contribution in [0.4, 0.5) is 0 Å². The van der Waals surface area contributed by atoms with Crippen molar-refractivity contribution in [3.8, 4) is 0 Å². The van der Waals surface area contributed by atoms with Crippen molar-refractivity contribution < 1.29 is 388 Å². The first kappa shape index (κ1) is 83.8. The molecule has 0 aliphatic carbocycles. The Kier molecular flexibility index (Phi) is 43.1. The summed E-state index contributed by atoms with van der Waals surface area (Å²) in [6, 6.07) is 0. The topological polar surface area (TPSA) is 559 Å². The Hall–Kier alpha value is 6.84. The van der Waals surface area contributed by atoms with Gasteiger partial charge in [-0.2, -0.15) is 0 Å². The van der Waals surface area contributed by atoms with E-state index in [0.717, 1.165) is 0 Å². The van der Waals surface area contributed by atoms with E-state index in [0.29, 0.717) is 0 Å². The van der Waals surface area contributed by atoms with Crippen molar-refractivity contribution in [2.45, 2.75) is 54.8 Å². The second kappa shape index (κ2) is 32.4. The molecule has 2 rings (SSSR count). The van der Waals surface area contributed by atoms with Gasteiger partial charge in [0.05, 0.1) is 13.2 Å². The van der Waals surface area contributed by atoms with Crippen molar-refractivity contribution in [2.75, 3.05) is 19.8 Å². The molecule has 0 aromatic rings. The molecule has 328 valence electrons. The normalized spacial score (nSPS) is 26.8. The Balaban J connectivity index is -0.000000784. The van der Waals surface area contributed by atoms with Gasteiger partial charge in [-0.05, 0) is 0 Å². The van der Waals surface area contributed by atoms with E-state index in [1.165, 1.54) is 0 Å². The number of rotatable bonds is 21. The molecule has 35 nitrogen and oxygen atoms in total. The maximum Gasteiger partial charge on any atom is 1.00 e. The first-order chi connectivity index (χ1) is 24.2. The van der Waals surface area contributed by atoms with E-state index in [4.69, 9.17) is 14.2 Å². The van der Waals surface area contributed by atoms with E-state index >= 15 is 0 Å². The zero-order valence-corrected chi connectivity index (χ0v) is 55.3. The van der Waals surface area contributed by atoms with Gasteiger partial charge in [-0.1, -0.05) is 0 Å². The molecule has 0 amide bonds. The van der Waals surface area contributed by atoms with Crippen LogP contribution in [-0.4, -0.2) is 178 Å². The van der Waals surface area contributed by atoms with Crippen LogP contribution in [0.5, 0.6) is 0 Å². The Morgan fingerprint density at radius 1 is 0.381 bits per heavy atom. The van der Waals surface area contributed by atoms with Gasteiger partial charge in [-0.3, -0.25) is 33.5 Å². The second-order valence-corrected chi connectivity index (χ2v) is 17.7. The second-order valence-electron chi connectivity index (χ2n) is 9.49.